The molecule has 0 fully saturated rings. The quantitative estimate of drug-likeness (QED) is 0.173. The van der Waals surface area contributed by atoms with Crippen LogP contribution in [-0.2, 0) is 5.41 Å². The van der Waals surface area contributed by atoms with Gasteiger partial charge in [0.25, 0.3) is 0 Å². The minimum absolute atomic E-state index is 0.0538. The van der Waals surface area contributed by atoms with Crippen LogP contribution < -0.4 is 0 Å². The first-order chi connectivity index (χ1) is 32.5. The van der Waals surface area contributed by atoms with Gasteiger partial charge in [-0.1, -0.05) is 159 Å². The summed E-state index contributed by atoms with van der Waals surface area (Å²) in [6, 6.07) is 74.1. The Bertz CT molecular complexity index is 4080. The van der Waals surface area contributed by atoms with Gasteiger partial charge in [-0.2, -0.15) is 9.97 Å². The molecule has 0 aliphatic heterocycles. The van der Waals surface area contributed by atoms with Crippen molar-refractivity contribution in [2.45, 2.75) is 19.3 Å². The summed E-state index contributed by atoms with van der Waals surface area (Å²) >= 11 is 0. The number of fused-ring (bicyclic) bond motifs is 13. The molecule has 9 aromatic carbocycles. The summed E-state index contributed by atoms with van der Waals surface area (Å²) in [5, 5.41) is 7.22. The van der Waals surface area contributed by atoms with E-state index in [0.717, 1.165) is 49.7 Å². The molecule has 13 aromatic rings. The summed E-state index contributed by atoms with van der Waals surface area (Å²) in [5.41, 5.74) is 16.3. The fourth-order valence-electron chi connectivity index (χ4n) is 11.1. The highest BCUT2D eigenvalue weighted by Gasteiger charge is 2.35. The van der Waals surface area contributed by atoms with E-state index >= 15 is 0 Å². The molecule has 6 nitrogen and oxygen atoms in total. The lowest BCUT2D eigenvalue weighted by molar-refractivity contribution is 0.660. The van der Waals surface area contributed by atoms with Crippen molar-refractivity contribution in [3.8, 4) is 51.2 Å². The lowest BCUT2D eigenvalue weighted by atomic mass is 9.82. The molecule has 0 radical (unpaired) electrons. The third-order valence-electron chi connectivity index (χ3n) is 14.1. The van der Waals surface area contributed by atoms with Gasteiger partial charge < -0.3 is 9.13 Å². The fourth-order valence-corrected chi connectivity index (χ4v) is 11.1. The summed E-state index contributed by atoms with van der Waals surface area (Å²) in [5.74, 6) is 1.84. The van der Waals surface area contributed by atoms with E-state index in [1.54, 1.807) is 0 Å². The molecule has 0 atom stereocenters. The third-order valence-corrected chi connectivity index (χ3v) is 14.1. The van der Waals surface area contributed by atoms with E-state index in [9.17, 15) is 0 Å². The molecule has 0 spiro atoms. The average molecular weight is 845 g/mol. The van der Waals surface area contributed by atoms with Gasteiger partial charge in [-0.3, -0.25) is 4.57 Å². The molecule has 4 aromatic heterocycles. The summed E-state index contributed by atoms with van der Waals surface area (Å²) in [6.45, 7) is 4.69. The van der Waals surface area contributed by atoms with Crippen LogP contribution in [-0.4, -0.2) is 28.7 Å². The molecule has 1 aliphatic rings. The van der Waals surface area contributed by atoms with E-state index in [2.05, 4.69) is 197 Å². The number of nitrogens with zero attached hydrogens (tertiary/aromatic N) is 6. The van der Waals surface area contributed by atoms with Crippen LogP contribution in [0, 0.1) is 0 Å². The second kappa shape index (κ2) is 13.7. The topological polar surface area (TPSA) is 53.5 Å². The van der Waals surface area contributed by atoms with Gasteiger partial charge in [0.1, 0.15) is 0 Å². The monoisotopic (exact) mass is 844 g/mol. The standard InChI is InChI=1S/C60H40N6/c1-60(2)47-25-13-9-21-41(47)45-35-39(29-31-48(45)60)64-50-27-15-11-23-43(50)55-53(64)33-34-54-56(55)44-24-12-16-28-51(44)65(54)40-30-32-52-46(36-40)42-22-10-14-26-49(42)66(52)59-62-57(37-17-5-3-6-18-37)61-58(63-59)38-19-7-4-8-20-38/h3-36H,1-2H3. The number of hydrogen-bond donors (Lipinski definition) is 0. The molecule has 0 unspecified atom stereocenters. The lowest BCUT2D eigenvalue weighted by Gasteiger charge is -2.21. The molecule has 6 heteroatoms. The Morgan fingerprint density at radius 2 is 0.788 bits per heavy atom. The van der Waals surface area contributed by atoms with Crippen LogP contribution in [0.2, 0.25) is 0 Å². The van der Waals surface area contributed by atoms with Crippen molar-refractivity contribution in [3.05, 3.63) is 217 Å². The number of benzene rings is 9. The second-order valence-electron chi connectivity index (χ2n) is 18.0. The first-order valence-corrected chi connectivity index (χ1v) is 22.6. The Balaban J connectivity index is 0.992. The van der Waals surface area contributed by atoms with Crippen molar-refractivity contribution < 1.29 is 0 Å². The molecule has 14 rings (SSSR count). The van der Waals surface area contributed by atoms with Gasteiger partial charge in [-0.05, 0) is 82.9 Å². The number of para-hydroxylation sites is 3. The summed E-state index contributed by atoms with van der Waals surface area (Å²) in [6.07, 6.45) is 0. The molecule has 0 N–H and O–H groups in total. The molecule has 66 heavy (non-hydrogen) atoms. The van der Waals surface area contributed by atoms with E-state index in [-0.39, 0.29) is 5.41 Å². The van der Waals surface area contributed by atoms with E-state index < -0.39 is 0 Å². The van der Waals surface area contributed by atoms with Crippen molar-refractivity contribution in [2.75, 3.05) is 0 Å². The Morgan fingerprint density at radius 3 is 1.41 bits per heavy atom. The molecule has 310 valence electrons. The Hall–Kier alpha value is -8.61. The van der Waals surface area contributed by atoms with Crippen LogP contribution in [0.1, 0.15) is 25.0 Å². The number of hydrogen-bond acceptors (Lipinski definition) is 3. The predicted octanol–water partition coefficient (Wildman–Crippen LogP) is 14.8. The normalized spacial score (nSPS) is 13.1. The van der Waals surface area contributed by atoms with Crippen molar-refractivity contribution in [1.29, 1.82) is 0 Å². The zero-order valence-corrected chi connectivity index (χ0v) is 36.3. The molecule has 0 bridgehead atoms. The Labute approximate surface area is 380 Å². The minimum atomic E-state index is -0.0538. The Morgan fingerprint density at radius 1 is 0.333 bits per heavy atom. The second-order valence-corrected chi connectivity index (χ2v) is 18.0. The number of rotatable bonds is 5. The van der Waals surface area contributed by atoms with E-state index in [0.29, 0.717) is 17.6 Å². The molecule has 4 heterocycles. The molecule has 0 amide bonds. The molecule has 0 saturated heterocycles. The average Bonchev–Trinajstić information content (AvgIpc) is 4.07. The van der Waals surface area contributed by atoms with E-state index in [1.165, 1.54) is 60.5 Å². The van der Waals surface area contributed by atoms with E-state index in [1.807, 2.05) is 36.4 Å². The van der Waals surface area contributed by atoms with Crippen molar-refractivity contribution in [1.82, 2.24) is 28.7 Å². The maximum absolute atomic E-state index is 5.17. The lowest BCUT2D eigenvalue weighted by Crippen LogP contribution is -2.14. The van der Waals surface area contributed by atoms with Crippen LogP contribution in [0.15, 0.2) is 206 Å². The van der Waals surface area contributed by atoms with Gasteiger partial charge in [0.15, 0.2) is 11.6 Å². The minimum Gasteiger partial charge on any atom is -0.309 e. The highest BCUT2D eigenvalue weighted by Crippen LogP contribution is 2.50. The van der Waals surface area contributed by atoms with Crippen LogP contribution in [0.4, 0.5) is 0 Å². The van der Waals surface area contributed by atoms with Crippen LogP contribution in [0.25, 0.3) is 117 Å². The molecule has 1 aliphatic carbocycles. The van der Waals surface area contributed by atoms with Gasteiger partial charge in [-0.25, -0.2) is 4.98 Å². The molecular weight excluding hydrogens is 805 g/mol. The van der Waals surface area contributed by atoms with E-state index in [4.69, 9.17) is 15.0 Å². The number of aromatic nitrogens is 6. The van der Waals surface area contributed by atoms with Crippen molar-refractivity contribution in [3.63, 3.8) is 0 Å². The fraction of sp³-hybridized carbons (Fsp3) is 0.0500. The highest BCUT2D eigenvalue weighted by molar-refractivity contribution is 6.29. The largest absolute Gasteiger partial charge is 0.309 e. The van der Waals surface area contributed by atoms with Crippen molar-refractivity contribution >= 4 is 65.4 Å². The van der Waals surface area contributed by atoms with Crippen molar-refractivity contribution in [2.24, 2.45) is 0 Å². The van der Waals surface area contributed by atoms with Crippen LogP contribution >= 0.6 is 0 Å². The van der Waals surface area contributed by atoms with Gasteiger partial charge in [-0.15, -0.1) is 0 Å². The highest BCUT2D eigenvalue weighted by atomic mass is 15.2. The van der Waals surface area contributed by atoms with Crippen LogP contribution in [0.5, 0.6) is 0 Å². The molecular formula is C60H40N6. The maximum atomic E-state index is 5.17. The Kier molecular flexibility index (Phi) is 7.64. The first-order valence-electron chi connectivity index (χ1n) is 22.6. The molecule has 0 saturated carbocycles. The zero-order chi connectivity index (χ0) is 43.7. The van der Waals surface area contributed by atoms with Crippen LogP contribution in [0.3, 0.4) is 0 Å². The summed E-state index contributed by atoms with van der Waals surface area (Å²) in [4.78, 5) is 15.3. The van der Waals surface area contributed by atoms with Gasteiger partial charge in [0.05, 0.1) is 33.1 Å². The zero-order valence-electron chi connectivity index (χ0n) is 36.3. The van der Waals surface area contributed by atoms with Gasteiger partial charge >= 0.3 is 0 Å². The third kappa shape index (κ3) is 5.15. The maximum Gasteiger partial charge on any atom is 0.238 e. The van der Waals surface area contributed by atoms with Gasteiger partial charge in [0, 0.05) is 60.2 Å². The predicted molar refractivity (Wildman–Crippen MR) is 271 cm³/mol. The smallest absolute Gasteiger partial charge is 0.238 e. The van der Waals surface area contributed by atoms with Gasteiger partial charge in [0.2, 0.25) is 5.95 Å². The SMILES string of the molecule is CC1(C)c2ccccc2-c2cc(-n3c4ccccc4c4c5c6ccccc6n(-c6ccc7c(c6)c6ccccc6n7-c6nc(-c7ccccc7)nc(-c7ccccc7)n6)c5ccc43)ccc21. The summed E-state index contributed by atoms with van der Waals surface area (Å²) in [7, 11) is 0. The first kappa shape index (κ1) is 36.8. The summed E-state index contributed by atoms with van der Waals surface area (Å²) < 4.78 is 7.11.